The first-order chi connectivity index (χ1) is 15.1. The van der Waals surface area contributed by atoms with Gasteiger partial charge in [0.15, 0.2) is 0 Å². The lowest BCUT2D eigenvalue weighted by atomic mass is 9.95. The molecule has 1 aromatic heterocycles. The molecule has 2 aromatic carbocycles. The summed E-state index contributed by atoms with van der Waals surface area (Å²) in [6.45, 7) is 4.05. The summed E-state index contributed by atoms with van der Waals surface area (Å²) in [6, 6.07) is 18.5. The molecule has 2 heterocycles. The van der Waals surface area contributed by atoms with E-state index >= 15 is 0 Å². The van der Waals surface area contributed by atoms with Gasteiger partial charge in [0.25, 0.3) is 11.7 Å². The number of amides is 1. The van der Waals surface area contributed by atoms with Gasteiger partial charge in [-0.25, -0.2) is 0 Å². The third-order valence-corrected chi connectivity index (χ3v) is 5.04. The Hall–Kier alpha value is -4.06. The van der Waals surface area contributed by atoms with Crippen molar-refractivity contribution in [2.75, 3.05) is 6.61 Å². The lowest BCUT2D eigenvalue weighted by Gasteiger charge is -2.25. The highest BCUT2D eigenvalue weighted by Crippen LogP contribution is 2.41. The largest absolute Gasteiger partial charge is 0.507 e. The van der Waals surface area contributed by atoms with Crippen molar-refractivity contribution in [3.8, 4) is 5.75 Å². The number of carbonyl (C=O) groups excluding carboxylic acids is 2. The Kier molecular flexibility index (Phi) is 5.71. The lowest BCUT2D eigenvalue weighted by Crippen LogP contribution is -2.29. The van der Waals surface area contributed by atoms with Crippen LogP contribution >= 0.6 is 0 Å². The molecule has 0 bridgehead atoms. The number of nitrogens with zero attached hydrogens (tertiary/aromatic N) is 1. The normalized spacial score (nSPS) is 17.7. The van der Waals surface area contributed by atoms with E-state index in [0.717, 1.165) is 0 Å². The minimum absolute atomic E-state index is 0.0311. The minimum Gasteiger partial charge on any atom is -0.507 e. The van der Waals surface area contributed by atoms with Gasteiger partial charge in [0, 0.05) is 5.56 Å². The monoisotopic (exact) mass is 415 g/mol. The standard InChI is InChI=1S/C25H21NO5/c1-2-13-30-19-11-6-10-18(15-19)22-21(23(27)17-8-4-3-5-9-17)24(28)25(29)26(22)16-20-12-7-14-31-20/h2-12,14-15,22,27H,1,13,16H2/b23-21+. The Labute approximate surface area is 179 Å². The minimum atomic E-state index is -0.794. The number of benzene rings is 2. The molecular formula is C25H21NO5. The van der Waals surface area contributed by atoms with Gasteiger partial charge >= 0.3 is 0 Å². The third kappa shape index (κ3) is 4.00. The van der Waals surface area contributed by atoms with Gasteiger partial charge in [-0.15, -0.1) is 0 Å². The van der Waals surface area contributed by atoms with E-state index < -0.39 is 17.7 Å². The molecule has 1 N–H and O–H groups in total. The maximum absolute atomic E-state index is 13.0. The zero-order chi connectivity index (χ0) is 21.8. The number of aliphatic hydroxyl groups excluding tert-OH is 1. The summed E-state index contributed by atoms with van der Waals surface area (Å²) in [4.78, 5) is 27.4. The number of ether oxygens (including phenoxy) is 1. The van der Waals surface area contributed by atoms with Crippen molar-refractivity contribution < 1.29 is 23.8 Å². The molecule has 1 unspecified atom stereocenters. The van der Waals surface area contributed by atoms with Crippen LogP contribution in [0.1, 0.15) is 22.9 Å². The van der Waals surface area contributed by atoms with Crippen molar-refractivity contribution in [2.45, 2.75) is 12.6 Å². The van der Waals surface area contributed by atoms with E-state index in [0.29, 0.717) is 29.2 Å². The fraction of sp³-hybridized carbons (Fsp3) is 0.120. The van der Waals surface area contributed by atoms with E-state index in [9.17, 15) is 14.7 Å². The first-order valence-corrected chi connectivity index (χ1v) is 9.80. The zero-order valence-electron chi connectivity index (χ0n) is 16.7. The van der Waals surface area contributed by atoms with Crippen LogP contribution in [0.2, 0.25) is 0 Å². The smallest absolute Gasteiger partial charge is 0.296 e. The number of furan rings is 1. The SMILES string of the molecule is C=CCOc1cccc(C2/C(=C(\O)c3ccccc3)C(=O)C(=O)N2Cc2ccco2)c1. The van der Waals surface area contributed by atoms with Crippen LogP contribution in [0.5, 0.6) is 5.75 Å². The second kappa shape index (κ2) is 8.75. The Balaban J connectivity index is 1.84. The van der Waals surface area contributed by atoms with E-state index in [1.165, 1.54) is 11.2 Å². The van der Waals surface area contributed by atoms with Crippen LogP contribution in [0.25, 0.3) is 5.76 Å². The molecule has 4 rings (SSSR count). The van der Waals surface area contributed by atoms with Crippen LogP contribution in [-0.4, -0.2) is 28.3 Å². The van der Waals surface area contributed by atoms with Crippen molar-refractivity contribution in [3.05, 3.63) is 108 Å². The van der Waals surface area contributed by atoms with Crippen LogP contribution in [0.3, 0.4) is 0 Å². The number of aliphatic hydroxyl groups is 1. The summed E-state index contributed by atoms with van der Waals surface area (Å²) >= 11 is 0. The number of likely N-dealkylation sites (tertiary alicyclic amines) is 1. The Morgan fingerprint density at radius 1 is 1.10 bits per heavy atom. The van der Waals surface area contributed by atoms with E-state index in [4.69, 9.17) is 9.15 Å². The second-order valence-electron chi connectivity index (χ2n) is 7.04. The van der Waals surface area contributed by atoms with E-state index in [-0.39, 0.29) is 17.9 Å². The highest BCUT2D eigenvalue weighted by atomic mass is 16.5. The van der Waals surface area contributed by atoms with Gasteiger partial charge in [-0.3, -0.25) is 9.59 Å². The summed E-state index contributed by atoms with van der Waals surface area (Å²) < 4.78 is 11.0. The molecule has 6 nitrogen and oxygen atoms in total. The fourth-order valence-electron chi connectivity index (χ4n) is 3.64. The summed E-state index contributed by atoms with van der Waals surface area (Å²) in [5.41, 5.74) is 1.14. The van der Waals surface area contributed by atoms with E-state index in [2.05, 4.69) is 6.58 Å². The molecule has 0 saturated carbocycles. The van der Waals surface area contributed by atoms with Gasteiger partial charge in [-0.2, -0.15) is 0 Å². The average molecular weight is 415 g/mol. The quantitative estimate of drug-likeness (QED) is 0.267. The fourth-order valence-corrected chi connectivity index (χ4v) is 3.64. The molecule has 156 valence electrons. The topological polar surface area (TPSA) is 80.0 Å². The number of Topliss-reactive ketones (excluding diaryl/α,β-unsaturated/α-hetero) is 1. The predicted molar refractivity (Wildman–Crippen MR) is 115 cm³/mol. The highest BCUT2D eigenvalue weighted by Gasteiger charge is 2.46. The molecule has 1 amide bonds. The summed E-state index contributed by atoms with van der Waals surface area (Å²) in [5, 5.41) is 11.0. The van der Waals surface area contributed by atoms with E-state index in [1.807, 2.05) is 6.07 Å². The second-order valence-corrected chi connectivity index (χ2v) is 7.04. The molecule has 1 saturated heterocycles. The average Bonchev–Trinajstić information content (AvgIpc) is 3.40. The molecule has 0 spiro atoms. The lowest BCUT2D eigenvalue weighted by molar-refractivity contribution is -0.140. The summed E-state index contributed by atoms with van der Waals surface area (Å²) in [6.07, 6.45) is 3.14. The number of hydrogen-bond donors (Lipinski definition) is 1. The van der Waals surface area contributed by atoms with Crippen molar-refractivity contribution in [2.24, 2.45) is 0 Å². The van der Waals surface area contributed by atoms with Gasteiger partial charge in [-0.1, -0.05) is 55.1 Å². The molecule has 1 aliphatic rings. The Bertz CT molecular complexity index is 1130. The van der Waals surface area contributed by atoms with Crippen LogP contribution < -0.4 is 4.74 Å². The molecule has 1 atom stereocenters. The van der Waals surface area contributed by atoms with Crippen LogP contribution in [-0.2, 0) is 16.1 Å². The maximum Gasteiger partial charge on any atom is 0.296 e. The van der Waals surface area contributed by atoms with Crippen LogP contribution in [0, 0.1) is 0 Å². The van der Waals surface area contributed by atoms with Gasteiger partial charge in [0.05, 0.1) is 24.4 Å². The van der Waals surface area contributed by atoms with Crippen LogP contribution in [0.15, 0.2) is 95.6 Å². The zero-order valence-corrected chi connectivity index (χ0v) is 16.7. The van der Waals surface area contributed by atoms with E-state index in [1.54, 1.807) is 66.7 Å². The Morgan fingerprint density at radius 3 is 2.61 bits per heavy atom. The van der Waals surface area contributed by atoms with Crippen molar-refractivity contribution in [1.82, 2.24) is 4.90 Å². The van der Waals surface area contributed by atoms with Crippen molar-refractivity contribution >= 4 is 17.4 Å². The number of carbonyl (C=O) groups is 2. The summed E-state index contributed by atoms with van der Waals surface area (Å²) in [7, 11) is 0. The van der Waals surface area contributed by atoms with Gasteiger partial charge in [-0.05, 0) is 29.8 Å². The number of ketones is 1. The Morgan fingerprint density at radius 2 is 1.90 bits per heavy atom. The van der Waals surface area contributed by atoms with Crippen molar-refractivity contribution in [1.29, 1.82) is 0 Å². The maximum atomic E-state index is 13.0. The highest BCUT2D eigenvalue weighted by molar-refractivity contribution is 6.46. The number of hydrogen-bond acceptors (Lipinski definition) is 5. The summed E-state index contributed by atoms with van der Waals surface area (Å²) in [5.74, 6) is -0.554. The molecular weight excluding hydrogens is 394 g/mol. The van der Waals surface area contributed by atoms with Gasteiger partial charge in [0.2, 0.25) is 0 Å². The van der Waals surface area contributed by atoms with Crippen molar-refractivity contribution in [3.63, 3.8) is 0 Å². The molecule has 1 aliphatic heterocycles. The molecule has 3 aromatic rings. The third-order valence-electron chi connectivity index (χ3n) is 5.04. The number of rotatable bonds is 7. The first-order valence-electron chi connectivity index (χ1n) is 9.80. The molecule has 31 heavy (non-hydrogen) atoms. The first kappa shape index (κ1) is 20.2. The molecule has 6 heteroatoms. The molecule has 0 radical (unpaired) electrons. The van der Waals surface area contributed by atoms with Gasteiger partial charge < -0.3 is 19.2 Å². The molecule has 1 fully saturated rings. The van der Waals surface area contributed by atoms with Gasteiger partial charge in [0.1, 0.15) is 23.9 Å². The van der Waals surface area contributed by atoms with Crippen LogP contribution in [0.4, 0.5) is 0 Å². The predicted octanol–water partition coefficient (Wildman–Crippen LogP) is 4.47. The molecule has 0 aliphatic carbocycles.